The first-order valence-electron chi connectivity index (χ1n) is 11.0. The van der Waals surface area contributed by atoms with E-state index in [0.29, 0.717) is 35.2 Å². The van der Waals surface area contributed by atoms with Gasteiger partial charge in [0.15, 0.2) is 0 Å². The second-order valence-corrected chi connectivity index (χ2v) is 10.2. The summed E-state index contributed by atoms with van der Waals surface area (Å²) in [4.78, 5) is 19.4. The maximum absolute atomic E-state index is 12.5. The maximum Gasteiger partial charge on any atom is 0.263 e. The Kier molecular flexibility index (Phi) is 6.23. The third-order valence-corrected chi connectivity index (χ3v) is 8.02. The van der Waals surface area contributed by atoms with Crippen molar-refractivity contribution in [1.29, 1.82) is 0 Å². The molecule has 1 saturated heterocycles. The van der Waals surface area contributed by atoms with Gasteiger partial charge < -0.3 is 4.90 Å². The van der Waals surface area contributed by atoms with E-state index in [1.165, 1.54) is 32.1 Å². The fourth-order valence-corrected chi connectivity index (χ4v) is 6.24. The maximum atomic E-state index is 12.5. The zero-order valence-corrected chi connectivity index (χ0v) is 17.8. The predicted octanol–water partition coefficient (Wildman–Crippen LogP) is 3.32. The number of amides is 1. The van der Waals surface area contributed by atoms with E-state index >= 15 is 0 Å². The number of hydrogen-bond acceptors (Lipinski definition) is 4. The van der Waals surface area contributed by atoms with Crippen molar-refractivity contribution >= 4 is 21.8 Å². The number of carbonyl (C=O) groups is 1. The summed E-state index contributed by atoms with van der Waals surface area (Å²) < 4.78 is 26.7. The van der Waals surface area contributed by atoms with Crippen LogP contribution >= 0.6 is 0 Å². The Bertz CT molecular complexity index is 881. The van der Waals surface area contributed by atoms with Crippen LogP contribution in [0.25, 0.3) is 0 Å². The minimum absolute atomic E-state index is 0.297. The van der Waals surface area contributed by atoms with Crippen LogP contribution in [0.3, 0.4) is 0 Å². The third kappa shape index (κ3) is 4.65. The molecule has 3 aliphatic rings. The lowest BCUT2D eigenvalue weighted by molar-refractivity contribution is -0.134. The Balaban J connectivity index is 1.18. The average Bonchev–Trinajstić information content (AvgIpc) is 3.00. The monoisotopic (exact) mass is 417 g/mol. The number of nitrogens with one attached hydrogen (secondary N) is 1. The van der Waals surface area contributed by atoms with E-state index in [1.807, 2.05) is 6.07 Å². The molecule has 4 rings (SSSR count). The summed E-state index contributed by atoms with van der Waals surface area (Å²) in [5.41, 5.74) is 0.647. The topological polar surface area (TPSA) is 78.8 Å². The minimum Gasteiger partial charge on any atom is -0.342 e. The van der Waals surface area contributed by atoms with Gasteiger partial charge in [-0.15, -0.1) is 0 Å². The van der Waals surface area contributed by atoms with Crippen LogP contribution in [-0.4, -0.2) is 44.7 Å². The molecule has 6 nitrogen and oxygen atoms in total. The molecule has 158 valence electrons. The zero-order chi connectivity index (χ0) is 20.3. The van der Waals surface area contributed by atoms with Crippen LogP contribution in [-0.2, 0) is 14.8 Å². The smallest absolute Gasteiger partial charge is 0.263 e. The van der Waals surface area contributed by atoms with Gasteiger partial charge in [-0.1, -0.05) is 37.8 Å². The molecule has 0 spiro atoms. The molecule has 0 aromatic heterocycles. The van der Waals surface area contributed by atoms with Gasteiger partial charge in [-0.25, -0.2) is 8.42 Å². The molecule has 1 amide bonds. The van der Waals surface area contributed by atoms with Crippen molar-refractivity contribution < 1.29 is 13.2 Å². The first-order valence-corrected chi connectivity index (χ1v) is 12.5. The summed E-state index contributed by atoms with van der Waals surface area (Å²) in [6.07, 6.45) is 9.80. The van der Waals surface area contributed by atoms with E-state index in [0.717, 1.165) is 44.2 Å². The van der Waals surface area contributed by atoms with Crippen LogP contribution in [0.15, 0.2) is 34.2 Å². The molecule has 1 aliphatic carbocycles. The fraction of sp³-hybridized carbons (Fsp3) is 0.636. The Morgan fingerprint density at radius 3 is 2.72 bits per heavy atom. The van der Waals surface area contributed by atoms with Crippen molar-refractivity contribution in [3.8, 4) is 0 Å². The van der Waals surface area contributed by atoms with Gasteiger partial charge in [0.05, 0.1) is 4.90 Å². The van der Waals surface area contributed by atoms with E-state index < -0.39 is 10.0 Å². The number of hydrogen-bond donors (Lipinski definition) is 1. The van der Waals surface area contributed by atoms with Crippen molar-refractivity contribution in [1.82, 2.24) is 9.62 Å². The molecular weight excluding hydrogens is 386 g/mol. The van der Waals surface area contributed by atoms with Crippen LogP contribution in [0, 0.1) is 11.8 Å². The molecule has 1 saturated carbocycles. The van der Waals surface area contributed by atoms with Crippen molar-refractivity contribution in [3.63, 3.8) is 0 Å². The SMILES string of the molecule is O=C(CCCCCN=C1NS(=O)(=O)c2ccccc21)N1CCC2CCCCC2C1. The Hall–Kier alpha value is -1.89. The normalized spacial score (nSPS) is 26.6. The summed E-state index contributed by atoms with van der Waals surface area (Å²) >= 11 is 0. The molecule has 7 heteroatoms. The largest absolute Gasteiger partial charge is 0.342 e. The molecule has 0 bridgehead atoms. The van der Waals surface area contributed by atoms with E-state index in [1.54, 1.807) is 18.2 Å². The molecule has 2 aliphatic heterocycles. The number of unbranched alkanes of at least 4 members (excludes halogenated alkanes) is 2. The fourth-order valence-electron chi connectivity index (χ4n) is 4.99. The van der Waals surface area contributed by atoms with Gasteiger partial charge >= 0.3 is 0 Å². The highest BCUT2D eigenvalue weighted by atomic mass is 32.2. The Morgan fingerprint density at radius 2 is 1.86 bits per heavy atom. The molecule has 1 aromatic rings. The lowest BCUT2D eigenvalue weighted by Crippen LogP contribution is -2.44. The molecular formula is C22H31N3O3S. The molecule has 2 fully saturated rings. The van der Waals surface area contributed by atoms with E-state index in [2.05, 4.69) is 14.6 Å². The Labute approximate surface area is 173 Å². The average molecular weight is 418 g/mol. The molecule has 29 heavy (non-hydrogen) atoms. The van der Waals surface area contributed by atoms with Gasteiger partial charge in [0, 0.05) is 31.6 Å². The highest BCUT2D eigenvalue weighted by Crippen LogP contribution is 2.36. The third-order valence-electron chi connectivity index (χ3n) is 6.63. The van der Waals surface area contributed by atoms with Crippen LogP contribution in [0.1, 0.15) is 63.4 Å². The summed E-state index contributed by atoms with van der Waals surface area (Å²) in [6.45, 7) is 2.47. The highest BCUT2D eigenvalue weighted by Gasteiger charge is 2.32. The number of sulfonamides is 1. The van der Waals surface area contributed by atoms with Crippen LogP contribution in [0.2, 0.25) is 0 Å². The standard InChI is InChI=1S/C22H31N3O3S/c26-21(25-15-13-17-8-3-4-9-18(17)16-25)12-2-1-7-14-23-22-19-10-5-6-11-20(19)29(27,28)24-22/h5-6,10-11,17-18H,1-4,7-9,12-16H2,(H,23,24). The van der Waals surface area contributed by atoms with Crippen molar-refractivity contribution in [2.24, 2.45) is 16.8 Å². The van der Waals surface area contributed by atoms with Crippen LogP contribution in [0.5, 0.6) is 0 Å². The first kappa shape index (κ1) is 20.4. The van der Waals surface area contributed by atoms with Crippen molar-refractivity contribution in [2.45, 2.75) is 62.7 Å². The van der Waals surface area contributed by atoms with E-state index in [9.17, 15) is 13.2 Å². The number of piperidine rings is 1. The number of amidine groups is 1. The quantitative estimate of drug-likeness (QED) is 0.721. The molecule has 1 aromatic carbocycles. The van der Waals surface area contributed by atoms with Gasteiger partial charge in [0.1, 0.15) is 5.84 Å². The number of fused-ring (bicyclic) bond motifs is 2. The van der Waals surface area contributed by atoms with Crippen LogP contribution in [0.4, 0.5) is 0 Å². The van der Waals surface area contributed by atoms with Gasteiger partial charge in [-0.05, 0) is 49.7 Å². The number of carbonyl (C=O) groups excluding carboxylic acids is 1. The number of rotatable bonds is 6. The molecule has 2 heterocycles. The number of likely N-dealkylation sites (tertiary alicyclic amines) is 1. The highest BCUT2D eigenvalue weighted by molar-refractivity contribution is 7.90. The van der Waals surface area contributed by atoms with E-state index in [-0.39, 0.29) is 0 Å². The number of aliphatic imine (C=N–C) groups is 1. The Morgan fingerprint density at radius 1 is 1.07 bits per heavy atom. The van der Waals surface area contributed by atoms with E-state index in [4.69, 9.17) is 0 Å². The van der Waals surface area contributed by atoms with Gasteiger partial charge in [-0.3, -0.25) is 14.5 Å². The number of nitrogens with zero attached hydrogens (tertiary/aromatic N) is 2. The van der Waals surface area contributed by atoms with Crippen molar-refractivity contribution in [2.75, 3.05) is 19.6 Å². The predicted molar refractivity (Wildman–Crippen MR) is 113 cm³/mol. The summed E-state index contributed by atoms with van der Waals surface area (Å²) in [5.74, 6) is 2.32. The summed E-state index contributed by atoms with van der Waals surface area (Å²) in [6, 6.07) is 6.91. The lowest BCUT2D eigenvalue weighted by atomic mass is 9.75. The molecule has 2 atom stereocenters. The van der Waals surface area contributed by atoms with Gasteiger partial charge in [0.2, 0.25) is 5.91 Å². The van der Waals surface area contributed by atoms with Crippen molar-refractivity contribution in [3.05, 3.63) is 29.8 Å². The lowest BCUT2D eigenvalue weighted by Gasteiger charge is -2.41. The summed E-state index contributed by atoms with van der Waals surface area (Å²) in [7, 11) is -3.47. The molecule has 1 N–H and O–H groups in total. The number of benzene rings is 1. The zero-order valence-electron chi connectivity index (χ0n) is 17.0. The van der Waals surface area contributed by atoms with Crippen LogP contribution < -0.4 is 4.72 Å². The van der Waals surface area contributed by atoms with Gasteiger partial charge in [-0.2, -0.15) is 0 Å². The molecule has 2 unspecified atom stereocenters. The first-order chi connectivity index (χ1) is 14.0. The summed E-state index contributed by atoms with van der Waals surface area (Å²) in [5, 5.41) is 0. The van der Waals surface area contributed by atoms with Gasteiger partial charge in [0.25, 0.3) is 10.0 Å². The second kappa shape index (κ2) is 8.86. The minimum atomic E-state index is -3.47. The molecule has 0 radical (unpaired) electrons. The second-order valence-electron chi connectivity index (χ2n) is 8.58.